The molecular formula is C19H16N4O. The topological polar surface area (TPSA) is 73.9 Å². The standard InChI is InChI=1S/C19H16N4O/c1-12(13-6-3-2-4-7-13)17-16(19(24)23-22-17)10-14-11-21-18-15(14)8-5-9-20-18/h2-12H,1H3,(H2,22,23,24). The Hall–Kier alpha value is -3.21. The Bertz CT molecular complexity index is 995. The first-order valence-electron chi connectivity index (χ1n) is 7.80. The van der Waals surface area contributed by atoms with Gasteiger partial charge in [-0.2, -0.15) is 0 Å². The van der Waals surface area contributed by atoms with Gasteiger partial charge in [0.25, 0.3) is 5.56 Å². The highest BCUT2D eigenvalue weighted by molar-refractivity contribution is 6.20. The fraction of sp³-hybridized carbons (Fsp3) is 0.105. The number of benzene rings is 1. The SMILES string of the molecule is CC(c1ccccc1)c1[nH][nH]c(=O)c1C=C1C=Nc2ncccc21. The normalized spacial score (nSPS) is 15.6. The van der Waals surface area contributed by atoms with E-state index < -0.39 is 0 Å². The number of hydrogen-bond acceptors (Lipinski definition) is 3. The summed E-state index contributed by atoms with van der Waals surface area (Å²) < 4.78 is 0. The van der Waals surface area contributed by atoms with E-state index in [2.05, 4.69) is 39.2 Å². The summed E-state index contributed by atoms with van der Waals surface area (Å²) in [6.45, 7) is 2.08. The molecule has 1 aliphatic rings. The van der Waals surface area contributed by atoms with E-state index in [0.717, 1.165) is 22.4 Å². The first-order valence-corrected chi connectivity index (χ1v) is 7.80. The Kier molecular flexibility index (Phi) is 3.46. The van der Waals surface area contributed by atoms with Crippen molar-refractivity contribution in [3.05, 3.63) is 81.4 Å². The molecule has 3 heterocycles. The smallest absolute Gasteiger partial charge is 0.271 e. The largest absolute Gasteiger partial charge is 0.301 e. The van der Waals surface area contributed by atoms with Crippen LogP contribution in [0.15, 0.2) is 58.4 Å². The summed E-state index contributed by atoms with van der Waals surface area (Å²) in [5.41, 5.74) is 4.34. The fourth-order valence-corrected chi connectivity index (χ4v) is 2.97. The maximum atomic E-state index is 12.3. The van der Waals surface area contributed by atoms with Gasteiger partial charge in [0, 0.05) is 29.5 Å². The van der Waals surface area contributed by atoms with Crippen LogP contribution in [0.4, 0.5) is 5.82 Å². The van der Waals surface area contributed by atoms with Gasteiger partial charge < -0.3 is 5.10 Å². The molecule has 5 nitrogen and oxygen atoms in total. The van der Waals surface area contributed by atoms with Crippen molar-refractivity contribution in [1.82, 2.24) is 15.2 Å². The van der Waals surface area contributed by atoms with E-state index in [1.807, 2.05) is 36.4 Å². The molecule has 2 aromatic heterocycles. The maximum absolute atomic E-state index is 12.3. The average molecular weight is 316 g/mol. The van der Waals surface area contributed by atoms with Crippen molar-refractivity contribution in [2.45, 2.75) is 12.8 Å². The highest BCUT2D eigenvalue weighted by Crippen LogP contribution is 2.31. The number of allylic oxidation sites excluding steroid dienone is 1. The predicted molar refractivity (Wildman–Crippen MR) is 95.6 cm³/mol. The molecule has 1 aromatic carbocycles. The van der Waals surface area contributed by atoms with E-state index in [1.165, 1.54) is 0 Å². The van der Waals surface area contributed by atoms with Gasteiger partial charge in [0.05, 0.1) is 11.3 Å². The number of rotatable bonds is 3. The fourth-order valence-electron chi connectivity index (χ4n) is 2.97. The van der Waals surface area contributed by atoms with Crippen molar-refractivity contribution in [2.75, 3.05) is 0 Å². The van der Waals surface area contributed by atoms with Crippen LogP contribution in [0.25, 0.3) is 11.6 Å². The molecule has 4 rings (SSSR count). The number of H-pyrrole nitrogens is 2. The van der Waals surface area contributed by atoms with Crippen LogP contribution >= 0.6 is 0 Å². The Balaban J connectivity index is 1.79. The number of aromatic amines is 2. The number of nitrogens with one attached hydrogen (secondary N) is 2. The monoisotopic (exact) mass is 316 g/mol. The minimum atomic E-state index is -0.133. The molecule has 2 N–H and O–H groups in total. The molecule has 0 saturated heterocycles. The van der Waals surface area contributed by atoms with Crippen molar-refractivity contribution >= 4 is 23.7 Å². The molecule has 1 atom stereocenters. The van der Waals surface area contributed by atoms with E-state index >= 15 is 0 Å². The van der Waals surface area contributed by atoms with Crippen molar-refractivity contribution in [2.24, 2.45) is 4.99 Å². The van der Waals surface area contributed by atoms with Crippen molar-refractivity contribution in [3.8, 4) is 0 Å². The number of aliphatic imine (C=N–C) groups is 1. The molecule has 3 aromatic rings. The summed E-state index contributed by atoms with van der Waals surface area (Å²) >= 11 is 0. The molecule has 118 valence electrons. The lowest BCUT2D eigenvalue weighted by Crippen LogP contribution is -2.05. The Morgan fingerprint density at radius 2 is 1.92 bits per heavy atom. The summed E-state index contributed by atoms with van der Waals surface area (Å²) in [7, 11) is 0. The van der Waals surface area contributed by atoms with Gasteiger partial charge in [-0.1, -0.05) is 37.3 Å². The zero-order valence-electron chi connectivity index (χ0n) is 13.2. The Labute approximate surface area is 138 Å². The summed E-state index contributed by atoms with van der Waals surface area (Å²) in [5, 5.41) is 5.73. The quantitative estimate of drug-likeness (QED) is 0.776. The van der Waals surface area contributed by atoms with Crippen LogP contribution < -0.4 is 5.56 Å². The molecule has 0 saturated carbocycles. The molecule has 0 aliphatic carbocycles. The summed E-state index contributed by atoms with van der Waals surface area (Å²) in [6.07, 6.45) is 5.34. The molecule has 0 radical (unpaired) electrons. The van der Waals surface area contributed by atoms with E-state index in [-0.39, 0.29) is 11.5 Å². The second-order valence-corrected chi connectivity index (χ2v) is 5.77. The molecule has 0 amide bonds. The second-order valence-electron chi connectivity index (χ2n) is 5.77. The predicted octanol–water partition coefficient (Wildman–Crippen LogP) is 3.51. The van der Waals surface area contributed by atoms with Gasteiger partial charge in [-0.3, -0.25) is 9.89 Å². The molecular weight excluding hydrogens is 300 g/mol. The van der Waals surface area contributed by atoms with Gasteiger partial charge >= 0.3 is 0 Å². The Morgan fingerprint density at radius 3 is 2.75 bits per heavy atom. The molecule has 24 heavy (non-hydrogen) atoms. The van der Waals surface area contributed by atoms with Gasteiger partial charge in [-0.15, -0.1) is 0 Å². The van der Waals surface area contributed by atoms with Gasteiger partial charge in [0.1, 0.15) is 0 Å². The zero-order chi connectivity index (χ0) is 16.5. The van der Waals surface area contributed by atoms with Gasteiger partial charge in [-0.05, 0) is 23.8 Å². The maximum Gasteiger partial charge on any atom is 0.271 e. The lowest BCUT2D eigenvalue weighted by molar-refractivity contribution is 0.850. The third kappa shape index (κ3) is 2.40. The minimum absolute atomic E-state index is 0.0729. The number of fused-ring (bicyclic) bond motifs is 1. The van der Waals surface area contributed by atoms with Crippen LogP contribution in [0.3, 0.4) is 0 Å². The lowest BCUT2D eigenvalue weighted by Gasteiger charge is -2.11. The minimum Gasteiger partial charge on any atom is -0.301 e. The molecule has 1 aliphatic heterocycles. The molecule has 0 fully saturated rings. The van der Waals surface area contributed by atoms with Crippen LogP contribution in [0.2, 0.25) is 0 Å². The van der Waals surface area contributed by atoms with Crippen LogP contribution in [-0.4, -0.2) is 21.4 Å². The van der Waals surface area contributed by atoms with Crippen molar-refractivity contribution in [3.63, 3.8) is 0 Å². The van der Waals surface area contributed by atoms with Crippen LogP contribution in [0.5, 0.6) is 0 Å². The van der Waals surface area contributed by atoms with Crippen molar-refractivity contribution < 1.29 is 0 Å². The third-order valence-electron chi connectivity index (χ3n) is 4.30. The molecule has 1 unspecified atom stereocenters. The number of aromatic nitrogens is 3. The number of pyridine rings is 1. The summed E-state index contributed by atoms with van der Waals surface area (Å²) in [4.78, 5) is 20.8. The van der Waals surface area contributed by atoms with Crippen LogP contribution in [-0.2, 0) is 0 Å². The first kappa shape index (κ1) is 14.4. The zero-order valence-corrected chi connectivity index (χ0v) is 13.2. The number of nitrogens with zero attached hydrogens (tertiary/aromatic N) is 2. The third-order valence-corrected chi connectivity index (χ3v) is 4.30. The first-order chi connectivity index (χ1) is 11.7. The molecule has 0 bridgehead atoms. The van der Waals surface area contributed by atoms with Gasteiger partial charge in [0.2, 0.25) is 0 Å². The van der Waals surface area contributed by atoms with Crippen LogP contribution in [0, 0.1) is 0 Å². The second kappa shape index (κ2) is 5.77. The number of hydrogen-bond donors (Lipinski definition) is 2. The van der Waals surface area contributed by atoms with E-state index in [0.29, 0.717) is 11.4 Å². The average Bonchev–Trinajstić information content (AvgIpc) is 3.20. The van der Waals surface area contributed by atoms with Crippen molar-refractivity contribution in [1.29, 1.82) is 0 Å². The highest BCUT2D eigenvalue weighted by Gasteiger charge is 2.19. The van der Waals surface area contributed by atoms with Gasteiger partial charge in [-0.25, -0.2) is 9.98 Å². The molecule has 5 heteroatoms. The Morgan fingerprint density at radius 1 is 1.08 bits per heavy atom. The summed E-state index contributed by atoms with van der Waals surface area (Å²) in [6, 6.07) is 13.9. The van der Waals surface area contributed by atoms with E-state index in [4.69, 9.17) is 0 Å². The van der Waals surface area contributed by atoms with Gasteiger partial charge in [0.15, 0.2) is 5.82 Å². The van der Waals surface area contributed by atoms with E-state index in [1.54, 1.807) is 12.4 Å². The molecule has 0 spiro atoms. The highest BCUT2D eigenvalue weighted by atomic mass is 16.1. The summed E-state index contributed by atoms with van der Waals surface area (Å²) in [5.74, 6) is 0.761. The lowest BCUT2D eigenvalue weighted by atomic mass is 9.94. The van der Waals surface area contributed by atoms with Crippen LogP contribution in [0.1, 0.15) is 35.2 Å². The van der Waals surface area contributed by atoms with E-state index in [9.17, 15) is 4.79 Å².